The van der Waals surface area contributed by atoms with Crippen LogP contribution in [0.25, 0.3) is 10.8 Å². The van der Waals surface area contributed by atoms with Crippen LogP contribution in [-0.4, -0.2) is 17.6 Å². The zero-order valence-electron chi connectivity index (χ0n) is 12.6. The molecule has 5 nitrogen and oxygen atoms in total. The molecule has 1 heterocycles. The molecule has 0 saturated carbocycles. The lowest BCUT2D eigenvalue weighted by Gasteiger charge is -2.13. The van der Waals surface area contributed by atoms with Crippen molar-refractivity contribution in [2.45, 2.75) is 33.2 Å². The van der Waals surface area contributed by atoms with Crippen molar-refractivity contribution in [1.29, 1.82) is 0 Å². The average molecular weight is 288 g/mol. The molecule has 0 aliphatic rings. The molecule has 21 heavy (non-hydrogen) atoms. The van der Waals surface area contributed by atoms with Crippen molar-refractivity contribution in [3.8, 4) is 0 Å². The minimum atomic E-state index is -0.409. The summed E-state index contributed by atoms with van der Waals surface area (Å²) in [6.45, 7) is 4.51. The Morgan fingerprint density at radius 2 is 2.10 bits per heavy atom. The number of aryl methyl sites for hydroxylation is 1. The normalized spacial score (nSPS) is 10.8. The van der Waals surface area contributed by atoms with E-state index < -0.39 is 5.91 Å². The number of rotatable bonds is 5. The monoisotopic (exact) mass is 288 g/mol. The van der Waals surface area contributed by atoms with E-state index in [1.165, 1.54) is 11.7 Å². The van der Waals surface area contributed by atoms with Gasteiger partial charge in [-0.3, -0.25) is 14.4 Å². The third-order valence-corrected chi connectivity index (χ3v) is 3.43. The van der Waals surface area contributed by atoms with E-state index in [1.54, 1.807) is 6.07 Å². The third-order valence-electron chi connectivity index (χ3n) is 3.43. The van der Waals surface area contributed by atoms with Gasteiger partial charge in [-0.15, -0.1) is 0 Å². The molecule has 0 aliphatic carbocycles. The summed E-state index contributed by atoms with van der Waals surface area (Å²) in [7, 11) is 1.37. The molecule has 0 spiro atoms. The lowest BCUT2D eigenvalue weighted by atomic mass is 10.1. The zero-order chi connectivity index (χ0) is 15.4. The molecule has 2 aromatic rings. The van der Waals surface area contributed by atoms with Crippen molar-refractivity contribution >= 4 is 16.7 Å². The Bertz CT molecular complexity index is 719. The smallest absolute Gasteiger partial charge is 0.291 e. The summed E-state index contributed by atoms with van der Waals surface area (Å²) in [4.78, 5) is 29.4. The summed E-state index contributed by atoms with van der Waals surface area (Å²) in [6, 6.07) is 7.38. The molecule has 0 radical (unpaired) electrons. The minimum absolute atomic E-state index is 0.133. The number of benzene rings is 1. The third kappa shape index (κ3) is 3.13. The molecule has 0 bridgehead atoms. The number of hydrogen-bond acceptors (Lipinski definition) is 3. The van der Waals surface area contributed by atoms with Crippen molar-refractivity contribution in [3.63, 3.8) is 0 Å². The van der Waals surface area contributed by atoms with Crippen molar-refractivity contribution in [1.82, 2.24) is 10.0 Å². The highest BCUT2D eigenvalue weighted by atomic mass is 16.6. The molecule has 1 N–H and O–H groups in total. The topological polar surface area (TPSA) is 60.3 Å². The van der Waals surface area contributed by atoms with Gasteiger partial charge in [-0.05, 0) is 30.9 Å². The maximum Gasteiger partial charge on any atom is 0.291 e. The number of nitrogens with zero attached hydrogens (tertiary/aromatic N) is 1. The van der Waals surface area contributed by atoms with E-state index in [1.807, 2.05) is 32.0 Å². The molecule has 1 aromatic carbocycles. The van der Waals surface area contributed by atoms with Gasteiger partial charge in [0.25, 0.3) is 11.5 Å². The number of nitrogens with one attached hydrogen (secondary N) is 1. The van der Waals surface area contributed by atoms with Crippen LogP contribution in [0.2, 0.25) is 0 Å². The van der Waals surface area contributed by atoms with E-state index in [2.05, 4.69) is 10.3 Å². The number of unbranched alkanes of at least 4 members (excludes halogenated alkanes) is 1. The predicted octanol–water partition coefficient (Wildman–Crippen LogP) is 2.40. The Kier molecular flexibility index (Phi) is 4.75. The Hall–Kier alpha value is -2.14. The zero-order valence-corrected chi connectivity index (χ0v) is 12.6. The summed E-state index contributed by atoms with van der Waals surface area (Å²) in [5, 5.41) is 1.40. The SMILES string of the molecule is CCCCn1c(C(=O)NOC)cc2ccc(C)cc2c1=O. The predicted molar refractivity (Wildman–Crippen MR) is 82.3 cm³/mol. The molecule has 0 aliphatic heterocycles. The summed E-state index contributed by atoms with van der Waals surface area (Å²) in [5.74, 6) is -0.409. The van der Waals surface area contributed by atoms with Gasteiger partial charge in [-0.25, -0.2) is 5.48 Å². The van der Waals surface area contributed by atoms with Gasteiger partial charge in [0.15, 0.2) is 0 Å². The Labute approximate surface area is 123 Å². The molecule has 112 valence electrons. The second kappa shape index (κ2) is 6.54. The van der Waals surface area contributed by atoms with Crippen LogP contribution < -0.4 is 11.0 Å². The van der Waals surface area contributed by atoms with Crippen LogP contribution in [0, 0.1) is 6.92 Å². The number of carbonyl (C=O) groups is 1. The fraction of sp³-hybridized carbons (Fsp3) is 0.375. The summed E-state index contributed by atoms with van der Waals surface area (Å²) >= 11 is 0. The first-order chi connectivity index (χ1) is 10.1. The molecule has 5 heteroatoms. The molecule has 0 atom stereocenters. The van der Waals surface area contributed by atoms with Crippen molar-refractivity contribution in [2.75, 3.05) is 7.11 Å². The highest BCUT2D eigenvalue weighted by Crippen LogP contribution is 2.15. The fourth-order valence-corrected chi connectivity index (χ4v) is 2.33. The summed E-state index contributed by atoms with van der Waals surface area (Å²) in [5.41, 5.74) is 3.50. The highest BCUT2D eigenvalue weighted by Gasteiger charge is 2.15. The molecular formula is C16H20N2O3. The molecule has 1 amide bonds. The Morgan fingerprint density at radius 1 is 1.33 bits per heavy atom. The van der Waals surface area contributed by atoms with Gasteiger partial charge in [0.2, 0.25) is 0 Å². The largest absolute Gasteiger partial charge is 0.303 e. The van der Waals surface area contributed by atoms with E-state index in [-0.39, 0.29) is 5.56 Å². The minimum Gasteiger partial charge on any atom is -0.303 e. The fourth-order valence-electron chi connectivity index (χ4n) is 2.33. The summed E-state index contributed by atoms with van der Waals surface area (Å²) < 4.78 is 1.53. The van der Waals surface area contributed by atoms with E-state index in [0.29, 0.717) is 17.6 Å². The molecule has 0 fully saturated rings. The number of carbonyl (C=O) groups excluding carboxylic acids is 1. The Morgan fingerprint density at radius 3 is 2.76 bits per heavy atom. The first-order valence-corrected chi connectivity index (χ1v) is 7.06. The number of fused-ring (bicyclic) bond motifs is 1. The lowest BCUT2D eigenvalue weighted by Crippen LogP contribution is -2.32. The molecule has 2 rings (SSSR count). The second-order valence-corrected chi connectivity index (χ2v) is 5.07. The first kappa shape index (κ1) is 15.3. The van der Waals surface area contributed by atoms with Crippen LogP contribution in [-0.2, 0) is 11.4 Å². The van der Waals surface area contributed by atoms with Gasteiger partial charge in [-0.1, -0.05) is 31.0 Å². The van der Waals surface area contributed by atoms with E-state index >= 15 is 0 Å². The number of aromatic nitrogens is 1. The van der Waals surface area contributed by atoms with Gasteiger partial charge in [-0.2, -0.15) is 0 Å². The van der Waals surface area contributed by atoms with Crippen LogP contribution in [0.3, 0.4) is 0 Å². The maximum atomic E-state index is 12.7. The molecular weight excluding hydrogens is 268 g/mol. The number of amides is 1. The van der Waals surface area contributed by atoms with Gasteiger partial charge < -0.3 is 4.57 Å². The maximum absolute atomic E-state index is 12.7. The van der Waals surface area contributed by atoms with Crippen molar-refractivity contribution in [3.05, 3.63) is 45.9 Å². The second-order valence-electron chi connectivity index (χ2n) is 5.07. The van der Waals surface area contributed by atoms with Crippen LogP contribution >= 0.6 is 0 Å². The van der Waals surface area contributed by atoms with Gasteiger partial charge >= 0.3 is 0 Å². The molecule has 0 unspecified atom stereocenters. The van der Waals surface area contributed by atoms with Crippen LogP contribution in [0.5, 0.6) is 0 Å². The van der Waals surface area contributed by atoms with Crippen molar-refractivity contribution < 1.29 is 9.63 Å². The quantitative estimate of drug-likeness (QED) is 0.859. The number of pyridine rings is 1. The van der Waals surface area contributed by atoms with Gasteiger partial charge in [0, 0.05) is 11.9 Å². The lowest BCUT2D eigenvalue weighted by molar-refractivity contribution is 0.0526. The highest BCUT2D eigenvalue weighted by molar-refractivity contribution is 5.96. The van der Waals surface area contributed by atoms with Crippen molar-refractivity contribution in [2.24, 2.45) is 0 Å². The van der Waals surface area contributed by atoms with E-state index in [0.717, 1.165) is 23.8 Å². The number of hydrogen-bond donors (Lipinski definition) is 1. The van der Waals surface area contributed by atoms with Crippen LogP contribution in [0.15, 0.2) is 29.1 Å². The standard InChI is InChI=1S/C16H20N2O3/c1-4-5-8-18-14(15(19)17-21-3)10-12-7-6-11(2)9-13(12)16(18)20/h6-7,9-10H,4-5,8H2,1-3H3,(H,17,19). The van der Waals surface area contributed by atoms with E-state index in [4.69, 9.17) is 0 Å². The Balaban J connectivity index is 2.67. The first-order valence-electron chi connectivity index (χ1n) is 7.06. The average Bonchev–Trinajstić information content (AvgIpc) is 2.47. The molecule has 1 aromatic heterocycles. The van der Waals surface area contributed by atoms with Gasteiger partial charge in [0.1, 0.15) is 5.69 Å². The summed E-state index contributed by atoms with van der Waals surface area (Å²) in [6.07, 6.45) is 1.79. The van der Waals surface area contributed by atoms with E-state index in [9.17, 15) is 9.59 Å². The van der Waals surface area contributed by atoms with Gasteiger partial charge in [0.05, 0.1) is 7.11 Å². The van der Waals surface area contributed by atoms with Crippen LogP contribution in [0.4, 0.5) is 0 Å². The van der Waals surface area contributed by atoms with Crippen LogP contribution in [0.1, 0.15) is 35.8 Å². The number of hydroxylamine groups is 1. The molecule has 0 saturated heterocycles.